The van der Waals surface area contributed by atoms with Crippen molar-refractivity contribution in [3.05, 3.63) is 0 Å². The molecule has 1 aliphatic heterocycles. The first-order valence-electron chi connectivity index (χ1n) is 4.68. The first-order chi connectivity index (χ1) is 5.72. The number of halogens is 1. The van der Waals surface area contributed by atoms with Crippen LogP contribution in [0.3, 0.4) is 0 Å². The van der Waals surface area contributed by atoms with Gasteiger partial charge in [0.2, 0.25) is 0 Å². The summed E-state index contributed by atoms with van der Waals surface area (Å²) in [6.45, 7) is 0.921. The lowest BCUT2D eigenvalue weighted by molar-refractivity contribution is -0.141. The number of carboxylic acid groups (broad SMARTS) is 1. The lowest BCUT2D eigenvalue weighted by Gasteiger charge is -2.46. The predicted octanol–water partition coefficient (Wildman–Crippen LogP) is 1.42. The molecule has 76 valence electrons. The first-order valence-corrected chi connectivity index (χ1v) is 4.68. The molecule has 1 spiro atoms. The van der Waals surface area contributed by atoms with Crippen molar-refractivity contribution in [3.8, 4) is 0 Å². The topological polar surface area (TPSA) is 49.3 Å². The summed E-state index contributed by atoms with van der Waals surface area (Å²) < 4.78 is 0. The molecule has 2 fully saturated rings. The van der Waals surface area contributed by atoms with E-state index in [9.17, 15) is 4.79 Å². The van der Waals surface area contributed by atoms with Crippen LogP contribution in [0.25, 0.3) is 0 Å². The van der Waals surface area contributed by atoms with Crippen molar-refractivity contribution in [3.63, 3.8) is 0 Å². The van der Waals surface area contributed by atoms with Crippen LogP contribution in [-0.2, 0) is 4.79 Å². The third kappa shape index (κ3) is 1.97. The molecule has 0 bridgehead atoms. The average molecular weight is 206 g/mol. The van der Waals surface area contributed by atoms with Gasteiger partial charge in [-0.05, 0) is 31.1 Å². The number of nitrogens with one attached hydrogen (secondary N) is 1. The Morgan fingerprint density at radius 3 is 2.38 bits per heavy atom. The molecular weight excluding hydrogens is 190 g/mol. The normalized spacial score (nSPS) is 30.3. The number of carbonyl (C=O) groups is 1. The molecule has 13 heavy (non-hydrogen) atoms. The molecule has 4 heteroatoms. The largest absolute Gasteiger partial charge is 0.480 e. The van der Waals surface area contributed by atoms with E-state index in [0.717, 1.165) is 19.4 Å². The molecule has 2 N–H and O–H groups in total. The number of carboxylic acids is 1. The van der Waals surface area contributed by atoms with Gasteiger partial charge in [-0.25, -0.2) is 0 Å². The minimum Gasteiger partial charge on any atom is -0.480 e. The highest BCUT2D eigenvalue weighted by atomic mass is 35.5. The summed E-state index contributed by atoms with van der Waals surface area (Å²) in [7, 11) is 0. The molecule has 1 heterocycles. The van der Waals surface area contributed by atoms with Crippen molar-refractivity contribution in [2.75, 3.05) is 6.54 Å². The fourth-order valence-electron chi connectivity index (χ4n) is 2.30. The zero-order valence-corrected chi connectivity index (χ0v) is 8.40. The monoisotopic (exact) mass is 205 g/mol. The van der Waals surface area contributed by atoms with Crippen LogP contribution >= 0.6 is 12.4 Å². The average Bonchev–Trinajstić information content (AvgIpc) is 2.02. The van der Waals surface area contributed by atoms with Crippen LogP contribution in [0.4, 0.5) is 0 Å². The first kappa shape index (κ1) is 10.8. The van der Waals surface area contributed by atoms with Gasteiger partial charge in [-0.3, -0.25) is 4.79 Å². The van der Waals surface area contributed by atoms with Gasteiger partial charge in [-0.1, -0.05) is 6.42 Å². The number of hydrogen-bond donors (Lipinski definition) is 2. The standard InChI is InChI=1S/C9H15NO2.ClH/c11-8(12)7-2-5-9(6-10-7)3-1-4-9;/h7,10H,1-6H2,(H,11,12);1H. The summed E-state index contributed by atoms with van der Waals surface area (Å²) in [5, 5.41) is 11.8. The lowest BCUT2D eigenvalue weighted by atomic mass is 9.64. The summed E-state index contributed by atoms with van der Waals surface area (Å²) in [5.41, 5.74) is 0.492. The molecular formula is C9H16ClNO2. The van der Waals surface area contributed by atoms with Crippen LogP contribution in [0.15, 0.2) is 0 Å². The summed E-state index contributed by atoms with van der Waals surface area (Å²) in [5.74, 6) is -0.691. The van der Waals surface area contributed by atoms with E-state index < -0.39 is 5.97 Å². The highest BCUT2D eigenvalue weighted by Crippen LogP contribution is 2.46. The Balaban J connectivity index is 0.000000845. The fourth-order valence-corrected chi connectivity index (χ4v) is 2.30. The van der Waals surface area contributed by atoms with Gasteiger partial charge in [-0.15, -0.1) is 12.4 Å². The summed E-state index contributed by atoms with van der Waals surface area (Å²) >= 11 is 0. The minimum absolute atomic E-state index is 0. The molecule has 0 aromatic heterocycles. The second kappa shape index (κ2) is 3.84. The number of aliphatic carboxylic acids is 1. The third-order valence-corrected chi connectivity index (χ3v) is 3.40. The van der Waals surface area contributed by atoms with E-state index in [1.165, 1.54) is 19.3 Å². The molecule has 3 nitrogen and oxygen atoms in total. The number of rotatable bonds is 1. The van der Waals surface area contributed by atoms with Crippen LogP contribution in [0.2, 0.25) is 0 Å². The van der Waals surface area contributed by atoms with E-state index in [-0.39, 0.29) is 18.4 Å². The van der Waals surface area contributed by atoms with Crippen molar-refractivity contribution in [2.24, 2.45) is 5.41 Å². The summed E-state index contributed by atoms with van der Waals surface area (Å²) in [6.07, 6.45) is 5.85. The smallest absolute Gasteiger partial charge is 0.320 e. The van der Waals surface area contributed by atoms with Crippen molar-refractivity contribution in [1.82, 2.24) is 5.32 Å². The fraction of sp³-hybridized carbons (Fsp3) is 0.889. The second-order valence-electron chi connectivity index (χ2n) is 4.16. The number of piperidine rings is 1. The van der Waals surface area contributed by atoms with E-state index in [2.05, 4.69) is 5.32 Å². The van der Waals surface area contributed by atoms with Crippen molar-refractivity contribution < 1.29 is 9.90 Å². The maximum absolute atomic E-state index is 10.6. The Morgan fingerprint density at radius 1 is 1.38 bits per heavy atom. The maximum Gasteiger partial charge on any atom is 0.320 e. The molecule has 1 unspecified atom stereocenters. The highest BCUT2D eigenvalue weighted by Gasteiger charge is 2.41. The summed E-state index contributed by atoms with van der Waals surface area (Å²) in [6, 6.07) is -0.281. The predicted molar refractivity (Wildman–Crippen MR) is 52.2 cm³/mol. The Morgan fingerprint density at radius 2 is 2.08 bits per heavy atom. The van der Waals surface area contributed by atoms with Crippen LogP contribution in [0.5, 0.6) is 0 Å². The molecule has 0 radical (unpaired) electrons. The van der Waals surface area contributed by atoms with E-state index in [1.807, 2.05) is 0 Å². The van der Waals surface area contributed by atoms with Crippen molar-refractivity contribution >= 4 is 18.4 Å². The van der Waals surface area contributed by atoms with Gasteiger partial charge in [0.1, 0.15) is 6.04 Å². The van der Waals surface area contributed by atoms with Gasteiger partial charge in [0, 0.05) is 6.54 Å². The minimum atomic E-state index is -0.691. The van der Waals surface area contributed by atoms with Crippen LogP contribution in [0, 0.1) is 5.41 Å². The van der Waals surface area contributed by atoms with Gasteiger partial charge in [-0.2, -0.15) is 0 Å². The molecule has 1 saturated carbocycles. The Labute approximate surface area is 84.3 Å². The summed E-state index contributed by atoms with van der Waals surface area (Å²) in [4.78, 5) is 10.6. The van der Waals surface area contributed by atoms with E-state index >= 15 is 0 Å². The Bertz CT molecular complexity index is 194. The van der Waals surface area contributed by atoms with Crippen molar-refractivity contribution in [1.29, 1.82) is 0 Å². The van der Waals surface area contributed by atoms with Crippen LogP contribution in [0.1, 0.15) is 32.1 Å². The van der Waals surface area contributed by atoms with E-state index in [4.69, 9.17) is 5.11 Å². The third-order valence-electron chi connectivity index (χ3n) is 3.40. The van der Waals surface area contributed by atoms with E-state index in [1.54, 1.807) is 0 Å². The highest BCUT2D eigenvalue weighted by molar-refractivity contribution is 5.85. The lowest BCUT2D eigenvalue weighted by Crippen LogP contribution is -2.51. The molecule has 0 aromatic rings. The maximum atomic E-state index is 10.6. The zero-order chi connectivity index (χ0) is 8.60. The van der Waals surface area contributed by atoms with Gasteiger partial charge < -0.3 is 10.4 Å². The molecule has 1 atom stereocenters. The number of hydrogen-bond acceptors (Lipinski definition) is 2. The molecule has 2 aliphatic rings. The second-order valence-corrected chi connectivity index (χ2v) is 4.16. The van der Waals surface area contributed by atoms with Gasteiger partial charge in [0.05, 0.1) is 0 Å². The van der Waals surface area contributed by atoms with Gasteiger partial charge >= 0.3 is 5.97 Å². The zero-order valence-electron chi connectivity index (χ0n) is 7.58. The molecule has 1 aliphatic carbocycles. The van der Waals surface area contributed by atoms with Gasteiger partial charge in [0.25, 0.3) is 0 Å². The Hall–Kier alpha value is -0.280. The molecule has 1 saturated heterocycles. The van der Waals surface area contributed by atoms with Crippen LogP contribution in [-0.4, -0.2) is 23.7 Å². The van der Waals surface area contributed by atoms with Crippen LogP contribution < -0.4 is 5.32 Å². The van der Waals surface area contributed by atoms with Gasteiger partial charge in [0.15, 0.2) is 0 Å². The molecule has 0 amide bonds. The van der Waals surface area contributed by atoms with E-state index in [0.29, 0.717) is 5.41 Å². The SMILES string of the molecule is Cl.O=C(O)C1CCC2(CCC2)CN1. The quantitative estimate of drug-likeness (QED) is 0.681. The molecule has 0 aromatic carbocycles. The molecule has 2 rings (SSSR count). The Kier molecular flexibility index (Phi) is 3.19. The van der Waals surface area contributed by atoms with Crippen molar-refractivity contribution in [2.45, 2.75) is 38.1 Å².